The summed E-state index contributed by atoms with van der Waals surface area (Å²) >= 11 is 1.03. The van der Waals surface area contributed by atoms with E-state index in [1.54, 1.807) is 13.8 Å². The zero-order valence-electron chi connectivity index (χ0n) is 21.4. The van der Waals surface area contributed by atoms with Gasteiger partial charge in [0.05, 0.1) is 18.8 Å². The van der Waals surface area contributed by atoms with Crippen LogP contribution in [0.4, 0.5) is 5.00 Å². The Hall–Kier alpha value is -3.91. The Morgan fingerprint density at radius 1 is 0.892 bits per heavy atom. The van der Waals surface area contributed by atoms with E-state index >= 15 is 0 Å². The number of fused-ring (bicyclic) bond motifs is 1. The highest BCUT2D eigenvalue weighted by molar-refractivity contribution is 7.18. The van der Waals surface area contributed by atoms with E-state index in [-0.39, 0.29) is 34.6 Å². The molecule has 2 aromatic carbocycles. The second-order valence-electron chi connectivity index (χ2n) is 8.54. The van der Waals surface area contributed by atoms with Crippen molar-refractivity contribution in [1.82, 2.24) is 4.57 Å². The lowest BCUT2D eigenvalue weighted by Gasteiger charge is -2.10. The lowest BCUT2D eigenvalue weighted by Crippen LogP contribution is -2.19. The van der Waals surface area contributed by atoms with Crippen LogP contribution in [0.3, 0.4) is 0 Å². The molecule has 0 saturated carbocycles. The topological polar surface area (TPSA) is 86.6 Å². The molecule has 0 fully saturated rings. The van der Waals surface area contributed by atoms with Crippen molar-refractivity contribution in [2.24, 2.45) is 0 Å². The average Bonchev–Trinajstić information content (AvgIpc) is 3.38. The summed E-state index contributed by atoms with van der Waals surface area (Å²) in [6, 6.07) is 17.6. The monoisotopic (exact) mass is 518 g/mol. The molecule has 0 aliphatic carbocycles. The van der Waals surface area contributed by atoms with Gasteiger partial charge >= 0.3 is 11.9 Å². The summed E-state index contributed by atoms with van der Waals surface area (Å²) in [5.41, 5.74) is 3.98. The Kier molecular flexibility index (Phi) is 8.08. The van der Waals surface area contributed by atoms with Gasteiger partial charge in [0.15, 0.2) is 0 Å². The summed E-state index contributed by atoms with van der Waals surface area (Å²) in [4.78, 5) is 39.6. The number of rotatable bonds is 9. The first-order chi connectivity index (χ1) is 17.9. The number of benzene rings is 2. The zero-order chi connectivity index (χ0) is 26.5. The number of nitrogens with zero attached hydrogens (tertiary/aromatic N) is 1. The SMILES string of the molecule is CCOC(=O)c1c(NC(=O)c2c(C)c3ccccc3n2CC)sc(C(=O)OCCc2ccccc2)c1C. The van der Waals surface area contributed by atoms with Crippen LogP contribution in [-0.2, 0) is 22.4 Å². The van der Waals surface area contributed by atoms with Crippen LogP contribution >= 0.6 is 11.3 Å². The maximum atomic E-state index is 13.5. The van der Waals surface area contributed by atoms with E-state index in [4.69, 9.17) is 9.47 Å². The van der Waals surface area contributed by atoms with Crippen molar-refractivity contribution >= 4 is 45.1 Å². The number of carbonyl (C=O) groups excluding carboxylic acids is 3. The van der Waals surface area contributed by atoms with Crippen molar-refractivity contribution in [3.8, 4) is 0 Å². The maximum absolute atomic E-state index is 13.5. The number of amides is 1. The number of nitrogens with one attached hydrogen (secondary N) is 1. The van der Waals surface area contributed by atoms with Gasteiger partial charge in [-0.05, 0) is 50.5 Å². The molecule has 4 aromatic rings. The summed E-state index contributed by atoms with van der Waals surface area (Å²) in [6.45, 7) is 8.23. The van der Waals surface area contributed by atoms with E-state index in [0.29, 0.717) is 24.2 Å². The fourth-order valence-electron chi connectivity index (χ4n) is 4.48. The molecule has 0 aliphatic heterocycles. The van der Waals surface area contributed by atoms with Crippen LogP contribution in [0.15, 0.2) is 54.6 Å². The number of hydrogen-bond acceptors (Lipinski definition) is 6. The molecule has 37 heavy (non-hydrogen) atoms. The Labute approximate surface area is 220 Å². The van der Waals surface area contributed by atoms with Gasteiger partial charge in [-0.15, -0.1) is 11.3 Å². The maximum Gasteiger partial charge on any atom is 0.348 e. The molecule has 2 heterocycles. The van der Waals surface area contributed by atoms with Gasteiger partial charge < -0.3 is 19.4 Å². The molecule has 0 radical (unpaired) electrons. The van der Waals surface area contributed by atoms with Gasteiger partial charge in [0.2, 0.25) is 0 Å². The first-order valence-corrected chi connectivity index (χ1v) is 13.1. The Morgan fingerprint density at radius 3 is 2.30 bits per heavy atom. The number of thiophene rings is 1. The fourth-order valence-corrected chi connectivity index (χ4v) is 5.56. The van der Waals surface area contributed by atoms with Crippen LogP contribution in [0.1, 0.15) is 61.1 Å². The Morgan fingerprint density at radius 2 is 1.59 bits per heavy atom. The van der Waals surface area contributed by atoms with Crippen molar-refractivity contribution in [2.45, 2.75) is 40.7 Å². The summed E-state index contributed by atoms with van der Waals surface area (Å²) in [5, 5.41) is 4.15. The Balaban J connectivity index is 1.63. The highest BCUT2D eigenvalue weighted by Crippen LogP contribution is 2.35. The smallest absolute Gasteiger partial charge is 0.348 e. The summed E-state index contributed by atoms with van der Waals surface area (Å²) in [6.07, 6.45) is 0.576. The molecule has 8 heteroatoms. The van der Waals surface area contributed by atoms with Gasteiger partial charge in [0.25, 0.3) is 5.91 Å². The molecule has 0 atom stereocenters. The van der Waals surface area contributed by atoms with E-state index in [1.165, 1.54) is 0 Å². The molecule has 0 unspecified atom stereocenters. The largest absolute Gasteiger partial charge is 0.462 e. The molecule has 4 rings (SSSR count). The number of ether oxygens (including phenoxy) is 2. The lowest BCUT2D eigenvalue weighted by molar-refractivity contribution is 0.0514. The molecular formula is C29H30N2O5S. The predicted molar refractivity (Wildman–Crippen MR) is 146 cm³/mol. The van der Waals surface area contributed by atoms with Crippen molar-refractivity contribution in [1.29, 1.82) is 0 Å². The second-order valence-corrected chi connectivity index (χ2v) is 9.56. The van der Waals surface area contributed by atoms with Gasteiger partial charge in [-0.25, -0.2) is 9.59 Å². The molecular weight excluding hydrogens is 488 g/mol. The minimum absolute atomic E-state index is 0.168. The minimum atomic E-state index is -0.595. The highest BCUT2D eigenvalue weighted by Gasteiger charge is 2.29. The van der Waals surface area contributed by atoms with Crippen molar-refractivity contribution < 1.29 is 23.9 Å². The highest BCUT2D eigenvalue weighted by atomic mass is 32.1. The average molecular weight is 519 g/mol. The quantitative estimate of drug-likeness (QED) is 0.268. The van der Waals surface area contributed by atoms with Gasteiger partial charge in [-0.3, -0.25) is 4.79 Å². The fraction of sp³-hybridized carbons (Fsp3) is 0.276. The number of hydrogen-bond donors (Lipinski definition) is 1. The first-order valence-electron chi connectivity index (χ1n) is 12.3. The van der Waals surface area contributed by atoms with Crippen molar-refractivity contribution in [2.75, 3.05) is 18.5 Å². The van der Waals surface area contributed by atoms with Crippen LogP contribution < -0.4 is 5.32 Å². The third kappa shape index (κ3) is 5.29. The molecule has 0 bridgehead atoms. The number of aryl methyl sites for hydroxylation is 2. The van der Waals surface area contributed by atoms with Crippen molar-refractivity contribution in [3.63, 3.8) is 0 Å². The number of carbonyl (C=O) groups is 3. The minimum Gasteiger partial charge on any atom is -0.462 e. The lowest BCUT2D eigenvalue weighted by atomic mass is 10.1. The summed E-state index contributed by atoms with van der Waals surface area (Å²) < 4.78 is 12.7. The third-order valence-corrected chi connectivity index (χ3v) is 7.45. The molecule has 192 valence electrons. The number of esters is 2. The van der Waals surface area contributed by atoms with E-state index in [2.05, 4.69) is 5.32 Å². The van der Waals surface area contributed by atoms with Gasteiger partial charge in [0, 0.05) is 23.9 Å². The number of para-hydroxylation sites is 1. The summed E-state index contributed by atoms with van der Waals surface area (Å²) in [7, 11) is 0. The molecule has 2 aromatic heterocycles. The van der Waals surface area contributed by atoms with Crippen LogP contribution in [-0.4, -0.2) is 35.6 Å². The molecule has 1 N–H and O–H groups in total. The van der Waals surface area contributed by atoms with Crippen LogP contribution in [0.2, 0.25) is 0 Å². The molecule has 0 saturated heterocycles. The van der Waals surface area contributed by atoms with E-state index in [9.17, 15) is 14.4 Å². The predicted octanol–water partition coefficient (Wildman–Crippen LogP) is 6.17. The second kappa shape index (κ2) is 11.4. The zero-order valence-corrected chi connectivity index (χ0v) is 22.2. The van der Waals surface area contributed by atoms with E-state index < -0.39 is 11.9 Å². The van der Waals surface area contributed by atoms with Gasteiger partial charge in [-0.2, -0.15) is 0 Å². The molecule has 0 aliphatic rings. The first kappa shape index (κ1) is 26.2. The van der Waals surface area contributed by atoms with Crippen molar-refractivity contribution in [3.05, 3.63) is 87.4 Å². The number of aromatic nitrogens is 1. The van der Waals surface area contributed by atoms with Crippen LogP contribution in [0, 0.1) is 13.8 Å². The standard InChI is InChI=1S/C29H30N2O5S/c1-5-31-22-15-11-10-14-21(22)18(3)24(31)26(32)30-27-23(28(33)35-6-2)19(4)25(37-27)29(34)36-17-16-20-12-8-7-9-13-20/h7-15H,5-6,16-17H2,1-4H3,(H,30,32). The van der Waals surface area contributed by atoms with Crippen LogP contribution in [0.25, 0.3) is 10.9 Å². The van der Waals surface area contributed by atoms with E-state index in [0.717, 1.165) is 33.4 Å². The molecule has 0 spiro atoms. The molecule has 7 nitrogen and oxygen atoms in total. The summed E-state index contributed by atoms with van der Waals surface area (Å²) in [5.74, 6) is -1.49. The normalized spacial score (nSPS) is 10.9. The Bertz CT molecular complexity index is 1450. The van der Waals surface area contributed by atoms with Gasteiger partial charge in [0.1, 0.15) is 15.6 Å². The molecule has 1 amide bonds. The van der Waals surface area contributed by atoms with Crippen LogP contribution in [0.5, 0.6) is 0 Å². The third-order valence-electron chi connectivity index (χ3n) is 6.26. The number of anilines is 1. The van der Waals surface area contributed by atoms with Gasteiger partial charge in [-0.1, -0.05) is 48.5 Å². The van der Waals surface area contributed by atoms with E-state index in [1.807, 2.05) is 73.0 Å².